The third-order valence-corrected chi connectivity index (χ3v) is 6.21. The van der Waals surface area contributed by atoms with Crippen molar-refractivity contribution in [1.29, 1.82) is 0 Å². The number of aliphatic hydroxyl groups excluding tert-OH is 1. The van der Waals surface area contributed by atoms with Crippen molar-refractivity contribution in [3.8, 4) is 17.2 Å². The van der Waals surface area contributed by atoms with E-state index in [-0.39, 0.29) is 30.2 Å². The van der Waals surface area contributed by atoms with E-state index in [1.54, 1.807) is 30.3 Å². The van der Waals surface area contributed by atoms with E-state index in [1.807, 2.05) is 44.0 Å². The van der Waals surface area contributed by atoms with Crippen molar-refractivity contribution in [2.45, 2.75) is 26.5 Å². The number of aliphatic hydroxyl groups is 1. The average Bonchev–Trinajstić information content (AvgIpc) is 2.83. The number of halogens is 2. The fraction of sp³-hybridized carbons (Fsp3) is 0.250. The topological polar surface area (TPSA) is 72.1 Å². The molecule has 4 aromatic rings. The van der Waals surface area contributed by atoms with E-state index >= 15 is 0 Å². The number of likely N-dealkylation sites (N-methyl/N-ethyl adjacent to an activating group) is 1. The van der Waals surface area contributed by atoms with Crippen LogP contribution in [0.1, 0.15) is 16.7 Å². The standard InChI is InChI=1S/C28H28ClNO5.ClH/c1-18-11-23(12-19(2)27(18)29)35-26-17-34-25-13-22(9-10-24(25)28(26)32)33-16-21(31)15-30(3)14-20-7-5-4-6-8-20;/h4-13,17,21,31H,14-16H2,1-3H3;1H. The zero-order valence-electron chi connectivity index (χ0n) is 20.4. The SMILES string of the molecule is Cc1cc(Oc2coc3cc(OCC(O)CN(C)Cc4ccccc4)ccc3c2=O)cc(C)c1Cl.Cl. The lowest BCUT2D eigenvalue weighted by atomic mass is 10.1. The van der Waals surface area contributed by atoms with Crippen LogP contribution in [0, 0.1) is 13.8 Å². The molecule has 0 saturated heterocycles. The number of hydrogen-bond acceptors (Lipinski definition) is 6. The minimum absolute atomic E-state index is 0. The Kier molecular flexibility index (Phi) is 9.40. The van der Waals surface area contributed by atoms with Crippen LogP contribution < -0.4 is 14.9 Å². The van der Waals surface area contributed by atoms with Gasteiger partial charge in [0.15, 0.2) is 0 Å². The summed E-state index contributed by atoms with van der Waals surface area (Å²) < 4.78 is 17.2. The van der Waals surface area contributed by atoms with Gasteiger partial charge in [0.2, 0.25) is 11.2 Å². The van der Waals surface area contributed by atoms with Gasteiger partial charge in [0.05, 0.1) is 5.39 Å². The van der Waals surface area contributed by atoms with E-state index < -0.39 is 6.10 Å². The maximum absolute atomic E-state index is 12.9. The van der Waals surface area contributed by atoms with Crippen LogP contribution in [0.2, 0.25) is 5.02 Å². The third kappa shape index (κ3) is 6.80. The number of rotatable bonds is 9. The van der Waals surface area contributed by atoms with Crippen molar-refractivity contribution in [3.05, 3.63) is 98.9 Å². The first-order valence-electron chi connectivity index (χ1n) is 11.3. The maximum atomic E-state index is 12.9. The summed E-state index contributed by atoms with van der Waals surface area (Å²) in [7, 11) is 1.95. The Balaban J connectivity index is 0.00000361. The summed E-state index contributed by atoms with van der Waals surface area (Å²) in [6.45, 7) is 5.07. The van der Waals surface area contributed by atoms with E-state index in [9.17, 15) is 9.90 Å². The predicted molar refractivity (Wildman–Crippen MR) is 145 cm³/mol. The zero-order valence-corrected chi connectivity index (χ0v) is 21.9. The molecule has 3 aromatic carbocycles. The van der Waals surface area contributed by atoms with Gasteiger partial charge in [0.1, 0.15) is 36.1 Å². The Morgan fingerprint density at radius 1 is 1.03 bits per heavy atom. The highest BCUT2D eigenvalue weighted by molar-refractivity contribution is 6.32. The molecule has 1 atom stereocenters. The molecule has 0 fully saturated rings. The number of hydrogen-bond donors (Lipinski definition) is 1. The van der Waals surface area contributed by atoms with Crippen LogP contribution in [-0.2, 0) is 6.54 Å². The molecule has 6 nitrogen and oxygen atoms in total. The molecule has 1 heterocycles. The Labute approximate surface area is 221 Å². The third-order valence-electron chi connectivity index (χ3n) is 5.61. The summed E-state index contributed by atoms with van der Waals surface area (Å²) in [6, 6.07) is 18.6. The first-order valence-corrected chi connectivity index (χ1v) is 11.7. The summed E-state index contributed by atoms with van der Waals surface area (Å²) >= 11 is 6.21. The molecule has 1 unspecified atom stereocenters. The normalized spacial score (nSPS) is 11.8. The van der Waals surface area contributed by atoms with E-state index in [1.165, 1.54) is 11.8 Å². The van der Waals surface area contributed by atoms with Crippen molar-refractivity contribution in [1.82, 2.24) is 4.90 Å². The van der Waals surface area contributed by atoms with Gasteiger partial charge in [-0.3, -0.25) is 9.69 Å². The molecule has 0 amide bonds. The molecule has 4 rings (SSSR count). The Morgan fingerprint density at radius 2 is 1.72 bits per heavy atom. The molecule has 1 aromatic heterocycles. The first kappa shape index (κ1) is 27.6. The van der Waals surface area contributed by atoms with Crippen LogP contribution in [0.4, 0.5) is 0 Å². The van der Waals surface area contributed by atoms with Crippen LogP contribution in [0.15, 0.2) is 76.1 Å². The van der Waals surface area contributed by atoms with Crippen LogP contribution >= 0.6 is 24.0 Å². The molecule has 0 radical (unpaired) electrons. The summed E-state index contributed by atoms with van der Waals surface area (Å²) in [5.41, 5.74) is 2.99. The van der Waals surface area contributed by atoms with Gasteiger partial charge in [-0.15, -0.1) is 12.4 Å². The Bertz CT molecular complexity index is 1350. The summed E-state index contributed by atoms with van der Waals surface area (Å²) in [5, 5.41) is 11.4. The van der Waals surface area contributed by atoms with Gasteiger partial charge >= 0.3 is 0 Å². The van der Waals surface area contributed by atoms with Crippen molar-refractivity contribution >= 4 is 35.0 Å². The monoisotopic (exact) mass is 529 g/mol. The molecule has 190 valence electrons. The number of aryl methyl sites for hydroxylation is 2. The maximum Gasteiger partial charge on any atom is 0.235 e. The lowest BCUT2D eigenvalue weighted by Gasteiger charge is -2.21. The van der Waals surface area contributed by atoms with Crippen LogP contribution in [0.5, 0.6) is 17.2 Å². The van der Waals surface area contributed by atoms with E-state index in [0.29, 0.717) is 34.0 Å². The Morgan fingerprint density at radius 3 is 2.42 bits per heavy atom. The van der Waals surface area contributed by atoms with Gasteiger partial charge in [0.25, 0.3) is 0 Å². The van der Waals surface area contributed by atoms with Gasteiger partial charge < -0.3 is 19.0 Å². The fourth-order valence-electron chi connectivity index (χ4n) is 3.91. The van der Waals surface area contributed by atoms with Gasteiger partial charge in [-0.1, -0.05) is 41.9 Å². The molecule has 0 saturated carbocycles. The van der Waals surface area contributed by atoms with Crippen molar-refractivity contribution in [2.24, 2.45) is 0 Å². The summed E-state index contributed by atoms with van der Waals surface area (Å²) in [4.78, 5) is 15.0. The van der Waals surface area contributed by atoms with Crippen molar-refractivity contribution in [3.63, 3.8) is 0 Å². The van der Waals surface area contributed by atoms with Crippen molar-refractivity contribution < 1.29 is 19.0 Å². The average molecular weight is 530 g/mol. The highest BCUT2D eigenvalue weighted by Gasteiger charge is 2.13. The number of ether oxygens (including phenoxy) is 2. The second-order valence-corrected chi connectivity index (χ2v) is 9.09. The first-order chi connectivity index (χ1) is 16.8. The molecule has 0 aliphatic heterocycles. The highest BCUT2D eigenvalue weighted by Crippen LogP contribution is 2.29. The number of nitrogens with zero attached hydrogens (tertiary/aromatic N) is 1. The second-order valence-electron chi connectivity index (χ2n) is 8.71. The molecule has 0 aliphatic rings. The quantitative estimate of drug-likeness (QED) is 0.280. The van der Waals surface area contributed by atoms with Gasteiger partial charge in [-0.25, -0.2) is 0 Å². The number of fused-ring (bicyclic) bond motifs is 1. The molecule has 0 bridgehead atoms. The minimum atomic E-state index is -0.673. The van der Waals surface area contributed by atoms with Crippen LogP contribution in [-0.4, -0.2) is 36.3 Å². The summed E-state index contributed by atoms with van der Waals surface area (Å²) in [5.74, 6) is 1.11. The zero-order chi connectivity index (χ0) is 24.9. The van der Waals surface area contributed by atoms with Gasteiger partial charge in [-0.05, 0) is 61.9 Å². The van der Waals surface area contributed by atoms with E-state index in [2.05, 4.69) is 12.1 Å². The second kappa shape index (κ2) is 12.3. The van der Waals surface area contributed by atoms with Gasteiger partial charge in [-0.2, -0.15) is 0 Å². The lowest BCUT2D eigenvalue weighted by Crippen LogP contribution is -2.32. The molecular weight excluding hydrogens is 501 g/mol. The minimum Gasteiger partial charge on any atom is -0.491 e. The van der Waals surface area contributed by atoms with Crippen LogP contribution in [0.25, 0.3) is 11.0 Å². The molecule has 36 heavy (non-hydrogen) atoms. The fourth-order valence-corrected chi connectivity index (χ4v) is 4.02. The van der Waals surface area contributed by atoms with E-state index in [4.69, 9.17) is 25.5 Å². The smallest absolute Gasteiger partial charge is 0.235 e. The van der Waals surface area contributed by atoms with Crippen LogP contribution in [0.3, 0.4) is 0 Å². The highest BCUT2D eigenvalue weighted by atomic mass is 35.5. The lowest BCUT2D eigenvalue weighted by molar-refractivity contribution is 0.0744. The van der Waals surface area contributed by atoms with E-state index in [0.717, 1.165) is 17.7 Å². The Hall–Kier alpha value is -3.03. The summed E-state index contributed by atoms with van der Waals surface area (Å²) in [6.07, 6.45) is 0.620. The largest absolute Gasteiger partial charge is 0.491 e. The van der Waals surface area contributed by atoms with Crippen molar-refractivity contribution in [2.75, 3.05) is 20.2 Å². The van der Waals surface area contributed by atoms with Gasteiger partial charge in [0, 0.05) is 24.2 Å². The molecular formula is C28H29Cl2NO5. The molecule has 1 N–H and O–H groups in total. The molecule has 8 heteroatoms. The number of benzene rings is 3. The predicted octanol–water partition coefficient (Wildman–Crippen LogP) is 6.15. The molecule has 0 aliphatic carbocycles. The molecule has 0 spiro atoms.